The maximum atomic E-state index is 12.0. The zero-order valence-corrected chi connectivity index (χ0v) is 12.6. The third-order valence-corrected chi connectivity index (χ3v) is 4.69. The molecule has 3 nitrogen and oxygen atoms in total. The van der Waals surface area contributed by atoms with Crippen molar-refractivity contribution < 1.29 is 4.79 Å². The fraction of sp³-hybridized carbons (Fsp3) is 0.294. The van der Waals surface area contributed by atoms with Crippen LogP contribution in [0.15, 0.2) is 52.9 Å². The van der Waals surface area contributed by atoms with Crippen LogP contribution in [0.2, 0.25) is 0 Å². The van der Waals surface area contributed by atoms with Crippen LogP contribution in [0.25, 0.3) is 0 Å². The number of thiophene rings is 1. The third kappa shape index (κ3) is 3.39. The Morgan fingerprint density at radius 2 is 2.00 bits per heavy atom. The summed E-state index contributed by atoms with van der Waals surface area (Å²) in [5, 5.41) is 6.32. The molecule has 0 bridgehead atoms. The molecule has 1 aromatic heterocycles. The number of rotatable bonds is 3. The average Bonchev–Trinajstić information content (AvgIpc) is 3.08. The molecular formula is C17H18N2OS. The minimum Gasteiger partial charge on any atom is -0.266 e. The number of hydrogen-bond donors (Lipinski definition) is 1. The van der Waals surface area contributed by atoms with Gasteiger partial charge in [0.15, 0.2) is 0 Å². The van der Waals surface area contributed by atoms with E-state index in [1.54, 1.807) is 0 Å². The predicted octanol–water partition coefficient (Wildman–Crippen LogP) is 4.19. The number of nitrogens with one attached hydrogen (secondary N) is 1. The lowest BCUT2D eigenvalue weighted by atomic mass is 9.82. The van der Waals surface area contributed by atoms with Gasteiger partial charge in [0.1, 0.15) is 0 Å². The van der Waals surface area contributed by atoms with Crippen LogP contribution in [0.1, 0.15) is 46.8 Å². The molecule has 1 saturated carbocycles. The van der Waals surface area contributed by atoms with Gasteiger partial charge in [-0.2, -0.15) is 5.10 Å². The Labute approximate surface area is 128 Å². The Hall–Kier alpha value is -1.94. The molecule has 108 valence electrons. The molecule has 4 heteroatoms. The molecule has 1 atom stereocenters. The highest BCUT2D eigenvalue weighted by atomic mass is 32.1. The van der Waals surface area contributed by atoms with E-state index in [9.17, 15) is 4.79 Å². The molecule has 0 aliphatic heterocycles. The summed E-state index contributed by atoms with van der Waals surface area (Å²) in [4.78, 5) is 12.7. The van der Waals surface area contributed by atoms with Gasteiger partial charge in [-0.05, 0) is 36.3 Å². The highest BCUT2D eigenvalue weighted by molar-refractivity contribution is 7.12. The lowest BCUT2D eigenvalue weighted by molar-refractivity contribution is 0.0958. The van der Waals surface area contributed by atoms with E-state index in [0.717, 1.165) is 25.0 Å². The second kappa shape index (κ2) is 6.68. The fourth-order valence-electron chi connectivity index (χ4n) is 2.76. The van der Waals surface area contributed by atoms with Gasteiger partial charge in [-0.3, -0.25) is 4.79 Å². The first-order valence-corrected chi connectivity index (χ1v) is 8.18. The fourth-order valence-corrected chi connectivity index (χ4v) is 3.37. The smallest absolute Gasteiger partial charge is 0.266 e. The van der Waals surface area contributed by atoms with Crippen LogP contribution in [0.3, 0.4) is 0 Å². The molecule has 21 heavy (non-hydrogen) atoms. The lowest BCUT2D eigenvalue weighted by Crippen LogP contribution is -2.24. The van der Waals surface area contributed by atoms with Crippen LogP contribution in [0.4, 0.5) is 0 Å². The highest BCUT2D eigenvalue weighted by Crippen LogP contribution is 2.30. The Bertz CT molecular complexity index is 620. The van der Waals surface area contributed by atoms with E-state index in [2.05, 4.69) is 34.8 Å². The van der Waals surface area contributed by atoms with Crippen molar-refractivity contribution in [2.75, 3.05) is 0 Å². The predicted molar refractivity (Wildman–Crippen MR) is 86.9 cm³/mol. The van der Waals surface area contributed by atoms with Gasteiger partial charge in [-0.25, -0.2) is 5.43 Å². The first-order valence-electron chi connectivity index (χ1n) is 7.30. The molecule has 0 unspecified atom stereocenters. The number of amides is 1. The second-order valence-corrected chi connectivity index (χ2v) is 6.18. The Balaban J connectivity index is 1.75. The minimum absolute atomic E-state index is 0.116. The molecule has 0 radical (unpaired) electrons. The van der Waals surface area contributed by atoms with Crippen molar-refractivity contribution in [3.8, 4) is 0 Å². The number of nitrogens with zero attached hydrogens (tertiary/aromatic N) is 1. The molecule has 1 N–H and O–H groups in total. The van der Waals surface area contributed by atoms with Crippen LogP contribution in [0, 0.1) is 0 Å². The van der Waals surface area contributed by atoms with Gasteiger partial charge in [0.2, 0.25) is 0 Å². The Morgan fingerprint density at radius 1 is 1.14 bits per heavy atom. The number of hydrogen-bond acceptors (Lipinski definition) is 3. The quantitative estimate of drug-likeness (QED) is 0.848. The summed E-state index contributed by atoms with van der Waals surface area (Å²) in [6.07, 6.45) is 4.44. The number of carbonyl (C=O) groups is 1. The van der Waals surface area contributed by atoms with E-state index in [4.69, 9.17) is 0 Å². The molecule has 1 aliphatic carbocycles. The van der Waals surface area contributed by atoms with Gasteiger partial charge in [0.05, 0.1) is 4.88 Å². The van der Waals surface area contributed by atoms with Crippen molar-refractivity contribution >= 4 is 23.0 Å². The van der Waals surface area contributed by atoms with Crippen LogP contribution < -0.4 is 5.43 Å². The molecule has 1 fully saturated rings. The number of carbonyl (C=O) groups excluding carboxylic acids is 1. The molecule has 1 aromatic carbocycles. The van der Waals surface area contributed by atoms with E-state index in [1.807, 2.05) is 23.6 Å². The summed E-state index contributed by atoms with van der Waals surface area (Å²) >= 11 is 1.43. The van der Waals surface area contributed by atoms with Crippen molar-refractivity contribution in [3.05, 3.63) is 58.3 Å². The van der Waals surface area contributed by atoms with Crippen molar-refractivity contribution in [1.82, 2.24) is 5.43 Å². The van der Waals surface area contributed by atoms with Gasteiger partial charge >= 0.3 is 0 Å². The Kier molecular flexibility index (Phi) is 4.46. The summed E-state index contributed by atoms with van der Waals surface area (Å²) < 4.78 is 0. The maximum absolute atomic E-state index is 12.0. The standard InChI is InChI=1S/C17H18N2OS/c20-17(16-11-6-12-21-16)19-18-15-10-5-4-9-14(15)13-7-2-1-3-8-13/h1-3,6-8,11-12,14H,4-5,9-10H2,(H,19,20)/t14-/m0/s1. The van der Waals surface area contributed by atoms with Crippen LogP contribution in [-0.4, -0.2) is 11.6 Å². The largest absolute Gasteiger partial charge is 0.281 e. The van der Waals surface area contributed by atoms with Crippen molar-refractivity contribution in [1.29, 1.82) is 0 Å². The number of benzene rings is 1. The van der Waals surface area contributed by atoms with Gasteiger partial charge in [0, 0.05) is 11.6 Å². The molecule has 0 saturated heterocycles. The molecule has 3 rings (SSSR count). The van der Waals surface area contributed by atoms with E-state index >= 15 is 0 Å². The summed E-state index contributed by atoms with van der Waals surface area (Å²) in [5.41, 5.74) is 5.10. The lowest BCUT2D eigenvalue weighted by Gasteiger charge is -2.24. The van der Waals surface area contributed by atoms with E-state index < -0.39 is 0 Å². The van der Waals surface area contributed by atoms with Gasteiger partial charge < -0.3 is 0 Å². The second-order valence-electron chi connectivity index (χ2n) is 5.23. The maximum Gasteiger partial charge on any atom is 0.281 e. The summed E-state index contributed by atoms with van der Waals surface area (Å²) in [6.45, 7) is 0. The monoisotopic (exact) mass is 298 g/mol. The van der Waals surface area contributed by atoms with E-state index in [1.165, 1.54) is 23.3 Å². The molecule has 1 amide bonds. The van der Waals surface area contributed by atoms with Crippen molar-refractivity contribution in [2.45, 2.75) is 31.6 Å². The van der Waals surface area contributed by atoms with Crippen molar-refractivity contribution in [2.24, 2.45) is 5.10 Å². The molecule has 1 heterocycles. The number of hydrazone groups is 1. The zero-order valence-electron chi connectivity index (χ0n) is 11.8. The summed E-state index contributed by atoms with van der Waals surface area (Å²) in [6, 6.07) is 14.1. The first kappa shape index (κ1) is 14.0. The SMILES string of the molecule is O=C(NN=C1CCCC[C@H]1c1ccccc1)c1cccs1. The van der Waals surface area contributed by atoms with Crippen molar-refractivity contribution in [3.63, 3.8) is 0 Å². The minimum atomic E-state index is -0.116. The normalized spacial score (nSPS) is 20.4. The molecule has 1 aliphatic rings. The van der Waals surface area contributed by atoms with Crippen LogP contribution in [0.5, 0.6) is 0 Å². The first-order chi connectivity index (χ1) is 10.3. The van der Waals surface area contributed by atoms with Crippen LogP contribution in [-0.2, 0) is 0 Å². The van der Waals surface area contributed by atoms with Gasteiger partial charge in [0.25, 0.3) is 5.91 Å². The molecular weight excluding hydrogens is 280 g/mol. The summed E-state index contributed by atoms with van der Waals surface area (Å²) in [5.74, 6) is 0.221. The topological polar surface area (TPSA) is 41.5 Å². The van der Waals surface area contributed by atoms with Gasteiger partial charge in [-0.15, -0.1) is 11.3 Å². The van der Waals surface area contributed by atoms with E-state index in [-0.39, 0.29) is 5.91 Å². The summed E-state index contributed by atoms with van der Waals surface area (Å²) in [7, 11) is 0. The van der Waals surface area contributed by atoms with Crippen LogP contribution >= 0.6 is 11.3 Å². The molecule has 2 aromatic rings. The Morgan fingerprint density at radius 3 is 2.76 bits per heavy atom. The van der Waals surface area contributed by atoms with E-state index in [0.29, 0.717) is 10.8 Å². The molecule has 0 spiro atoms. The highest BCUT2D eigenvalue weighted by Gasteiger charge is 2.22. The van der Waals surface area contributed by atoms with Gasteiger partial charge in [-0.1, -0.05) is 42.8 Å². The average molecular weight is 298 g/mol. The zero-order chi connectivity index (χ0) is 14.5. The third-order valence-electron chi connectivity index (χ3n) is 3.83.